The Morgan fingerprint density at radius 1 is 1.43 bits per heavy atom. The fraction of sp³-hybridized carbons (Fsp3) is 0.615. The molecule has 0 saturated carbocycles. The molecular formula is C13H21BrN6S. The zero-order valence-electron chi connectivity index (χ0n) is 12.7. The van der Waals surface area contributed by atoms with E-state index in [1.807, 2.05) is 11.6 Å². The number of nitrogens with zero attached hydrogens (tertiary/aromatic N) is 4. The van der Waals surface area contributed by atoms with Crippen molar-refractivity contribution in [2.75, 3.05) is 0 Å². The Labute approximate surface area is 137 Å². The van der Waals surface area contributed by atoms with Gasteiger partial charge in [-0.25, -0.2) is 0 Å². The molecule has 6 nitrogen and oxygen atoms in total. The Bertz CT molecular complexity index is 606. The van der Waals surface area contributed by atoms with Crippen LogP contribution in [0, 0.1) is 6.92 Å². The highest BCUT2D eigenvalue weighted by Crippen LogP contribution is 2.31. The highest BCUT2D eigenvalue weighted by Gasteiger charge is 2.24. The van der Waals surface area contributed by atoms with Gasteiger partial charge in [-0.2, -0.15) is 5.10 Å². The van der Waals surface area contributed by atoms with E-state index in [9.17, 15) is 0 Å². The molecule has 0 aliphatic carbocycles. The van der Waals surface area contributed by atoms with Gasteiger partial charge in [0, 0.05) is 13.0 Å². The van der Waals surface area contributed by atoms with Gasteiger partial charge in [-0.3, -0.25) is 16.0 Å². The van der Waals surface area contributed by atoms with Crippen LogP contribution in [0.2, 0.25) is 0 Å². The van der Waals surface area contributed by atoms with Gasteiger partial charge < -0.3 is 0 Å². The van der Waals surface area contributed by atoms with Crippen LogP contribution in [-0.2, 0) is 13.0 Å². The maximum atomic E-state index is 5.79. The highest BCUT2D eigenvalue weighted by atomic mass is 79.9. The molecule has 0 aliphatic heterocycles. The molecule has 0 fully saturated rings. The van der Waals surface area contributed by atoms with E-state index in [0.717, 1.165) is 39.4 Å². The molecule has 0 saturated heterocycles. The minimum Gasteiger partial charge on any atom is -0.271 e. The largest absolute Gasteiger partial charge is 0.271 e. The van der Waals surface area contributed by atoms with Crippen LogP contribution in [0.5, 0.6) is 0 Å². The molecule has 2 aromatic rings. The van der Waals surface area contributed by atoms with E-state index < -0.39 is 0 Å². The number of aromatic nitrogens is 4. The van der Waals surface area contributed by atoms with Crippen LogP contribution in [-0.4, -0.2) is 19.4 Å². The molecule has 0 amide bonds. The molecule has 0 aliphatic rings. The van der Waals surface area contributed by atoms with Crippen LogP contribution in [0.15, 0.2) is 4.47 Å². The summed E-state index contributed by atoms with van der Waals surface area (Å²) in [6.45, 7) is 9.14. The van der Waals surface area contributed by atoms with Gasteiger partial charge in [0.25, 0.3) is 0 Å². The van der Waals surface area contributed by atoms with Crippen molar-refractivity contribution in [3.05, 3.63) is 26.4 Å². The number of nitrogens with two attached hydrogens (primary N) is 1. The molecule has 2 aromatic heterocycles. The van der Waals surface area contributed by atoms with Gasteiger partial charge in [-0.1, -0.05) is 18.3 Å². The highest BCUT2D eigenvalue weighted by molar-refractivity contribution is 9.10. The molecule has 0 radical (unpaired) electrons. The topological polar surface area (TPSA) is 81.7 Å². The number of hydrogen-bond donors (Lipinski definition) is 2. The van der Waals surface area contributed by atoms with E-state index in [4.69, 9.17) is 5.84 Å². The summed E-state index contributed by atoms with van der Waals surface area (Å²) in [5.41, 5.74) is 6.05. The lowest BCUT2D eigenvalue weighted by atomic mass is 10.0. The van der Waals surface area contributed by atoms with Crippen molar-refractivity contribution in [2.24, 2.45) is 5.84 Å². The van der Waals surface area contributed by atoms with Crippen LogP contribution in [0.4, 0.5) is 0 Å². The first-order valence-corrected chi connectivity index (χ1v) is 8.56. The number of rotatable bonds is 6. The zero-order valence-corrected chi connectivity index (χ0v) is 15.1. The third-order valence-electron chi connectivity index (χ3n) is 3.46. The minimum absolute atomic E-state index is 0.0138. The van der Waals surface area contributed by atoms with Crippen LogP contribution in [0.3, 0.4) is 0 Å². The van der Waals surface area contributed by atoms with Crippen molar-refractivity contribution in [3.63, 3.8) is 0 Å². The van der Waals surface area contributed by atoms with Gasteiger partial charge in [0.05, 0.1) is 32.5 Å². The van der Waals surface area contributed by atoms with E-state index in [1.165, 1.54) is 11.5 Å². The summed E-state index contributed by atoms with van der Waals surface area (Å²) in [5.74, 6) is 6.11. The summed E-state index contributed by atoms with van der Waals surface area (Å²) in [4.78, 5) is 1.10. The molecule has 116 valence electrons. The Kier molecular flexibility index (Phi) is 5.48. The molecule has 1 unspecified atom stereocenters. The fourth-order valence-corrected chi connectivity index (χ4v) is 3.64. The predicted octanol–water partition coefficient (Wildman–Crippen LogP) is 2.70. The summed E-state index contributed by atoms with van der Waals surface area (Å²) in [6.07, 6.45) is 0.745. The Hall–Kier alpha value is -0.830. The Balaban J connectivity index is 2.34. The van der Waals surface area contributed by atoms with Gasteiger partial charge in [-0.15, -0.1) is 5.10 Å². The van der Waals surface area contributed by atoms with Gasteiger partial charge in [-0.05, 0) is 47.2 Å². The molecule has 2 heterocycles. The molecule has 3 N–H and O–H groups in total. The van der Waals surface area contributed by atoms with Gasteiger partial charge >= 0.3 is 0 Å². The maximum Gasteiger partial charge on any atom is 0.0829 e. The van der Waals surface area contributed by atoms with Crippen molar-refractivity contribution in [3.8, 4) is 0 Å². The lowest BCUT2D eigenvalue weighted by Crippen LogP contribution is -2.30. The molecule has 0 spiro atoms. The fourth-order valence-electron chi connectivity index (χ4n) is 2.33. The molecule has 21 heavy (non-hydrogen) atoms. The second-order valence-electron chi connectivity index (χ2n) is 5.26. The summed E-state index contributed by atoms with van der Waals surface area (Å²) < 4.78 is 7.14. The average Bonchev–Trinajstić information content (AvgIpc) is 3.03. The molecule has 0 aromatic carbocycles. The number of hydrazine groups is 1. The Morgan fingerprint density at radius 3 is 2.71 bits per heavy atom. The van der Waals surface area contributed by atoms with Crippen LogP contribution in [0.25, 0.3) is 0 Å². The van der Waals surface area contributed by atoms with E-state index in [1.54, 1.807) is 0 Å². The van der Waals surface area contributed by atoms with Gasteiger partial charge in [0.15, 0.2) is 0 Å². The van der Waals surface area contributed by atoms with E-state index in [-0.39, 0.29) is 6.04 Å². The standard InChI is InChI=1S/C13H21BrN6S/c1-5-20-10(11(14)8(4)18-20)6-9(16-15)13-12(7(2)3)17-19-21-13/h7,9,16H,5-6,15H2,1-4H3. The van der Waals surface area contributed by atoms with Gasteiger partial charge in [0.2, 0.25) is 0 Å². The van der Waals surface area contributed by atoms with Crippen molar-refractivity contribution in [1.82, 2.24) is 24.8 Å². The first kappa shape index (κ1) is 16.5. The lowest BCUT2D eigenvalue weighted by Gasteiger charge is -2.17. The smallest absolute Gasteiger partial charge is 0.0829 e. The van der Waals surface area contributed by atoms with Crippen molar-refractivity contribution >= 4 is 27.5 Å². The normalized spacial score (nSPS) is 13.1. The summed E-state index contributed by atoms with van der Waals surface area (Å²) in [7, 11) is 0. The third kappa shape index (κ3) is 3.33. The van der Waals surface area contributed by atoms with Crippen LogP contribution in [0.1, 0.15) is 54.7 Å². The lowest BCUT2D eigenvalue weighted by molar-refractivity contribution is 0.516. The molecular weight excluding hydrogens is 352 g/mol. The number of aryl methyl sites for hydroxylation is 2. The summed E-state index contributed by atoms with van der Waals surface area (Å²) in [5, 5.41) is 8.76. The SMILES string of the molecule is CCn1nc(C)c(Br)c1CC(NN)c1snnc1C(C)C. The quantitative estimate of drug-likeness (QED) is 0.601. The number of halogens is 1. The van der Waals surface area contributed by atoms with Crippen LogP contribution < -0.4 is 11.3 Å². The maximum absolute atomic E-state index is 5.79. The third-order valence-corrected chi connectivity index (χ3v) is 5.34. The van der Waals surface area contributed by atoms with Crippen molar-refractivity contribution in [1.29, 1.82) is 0 Å². The molecule has 1 atom stereocenters. The second-order valence-corrected chi connectivity index (χ2v) is 6.84. The van der Waals surface area contributed by atoms with E-state index in [2.05, 4.69) is 56.8 Å². The van der Waals surface area contributed by atoms with Crippen LogP contribution >= 0.6 is 27.5 Å². The second kappa shape index (κ2) is 6.95. The average molecular weight is 373 g/mol. The monoisotopic (exact) mass is 372 g/mol. The first-order chi connectivity index (χ1) is 9.99. The summed E-state index contributed by atoms with van der Waals surface area (Å²) in [6, 6.07) is -0.0138. The zero-order chi connectivity index (χ0) is 15.6. The first-order valence-electron chi connectivity index (χ1n) is 6.99. The number of hydrogen-bond acceptors (Lipinski definition) is 6. The summed E-state index contributed by atoms with van der Waals surface area (Å²) >= 11 is 5.04. The Morgan fingerprint density at radius 2 is 2.14 bits per heavy atom. The molecule has 0 bridgehead atoms. The van der Waals surface area contributed by atoms with E-state index in [0.29, 0.717) is 5.92 Å². The van der Waals surface area contributed by atoms with E-state index >= 15 is 0 Å². The molecule has 8 heteroatoms. The van der Waals surface area contributed by atoms with Gasteiger partial charge in [0.1, 0.15) is 0 Å². The number of nitrogens with one attached hydrogen (secondary N) is 1. The predicted molar refractivity (Wildman–Crippen MR) is 88.1 cm³/mol. The molecule has 2 rings (SSSR count). The van der Waals surface area contributed by atoms with Crippen molar-refractivity contribution < 1.29 is 0 Å². The van der Waals surface area contributed by atoms with Crippen molar-refractivity contribution in [2.45, 2.75) is 52.6 Å². The minimum atomic E-state index is -0.0138.